The smallest absolute Gasteiger partial charge is 0.106 e. The van der Waals surface area contributed by atoms with Crippen molar-refractivity contribution in [3.8, 4) is 0 Å². The normalized spacial score (nSPS) is 22.2. The van der Waals surface area contributed by atoms with E-state index in [0.717, 1.165) is 11.3 Å². The zero-order chi connectivity index (χ0) is 9.42. The van der Waals surface area contributed by atoms with Crippen LogP contribution in [0.1, 0.15) is 18.4 Å². The van der Waals surface area contributed by atoms with Crippen LogP contribution in [0.25, 0.3) is 0 Å². The molecule has 1 aromatic rings. The Morgan fingerprint density at radius 2 is 2.38 bits per heavy atom. The molecule has 2 atom stereocenters. The zero-order valence-electron chi connectivity index (χ0n) is 7.35. The Labute approximate surface area is 81.9 Å². The summed E-state index contributed by atoms with van der Waals surface area (Å²) in [5.74, 6) is -0.0475. The van der Waals surface area contributed by atoms with E-state index in [1.54, 1.807) is 6.92 Å². The number of rotatable bonds is 1. The van der Waals surface area contributed by atoms with E-state index in [9.17, 15) is 4.39 Å². The third kappa shape index (κ3) is 1.39. The number of hydrogen-bond donors (Lipinski definition) is 1. The van der Waals surface area contributed by atoms with Crippen LogP contribution in [-0.2, 0) is 0 Å². The van der Waals surface area contributed by atoms with Gasteiger partial charge in [0, 0.05) is 12.5 Å². The van der Waals surface area contributed by atoms with Gasteiger partial charge in [-0.3, -0.25) is 0 Å². The number of hydrogen-bond acceptors (Lipinski definition) is 1. The molecule has 1 aromatic carbocycles. The molecule has 0 bridgehead atoms. The summed E-state index contributed by atoms with van der Waals surface area (Å²) in [6.07, 6.45) is -0.827. The lowest BCUT2D eigenvalue weighted by Crippen LogP contribution is -2.11. The van der Waals surface area contributed by atoms with Crippen LogP contribution in [0.3, 0.4) is 0 Å². The molecule has 0 radical (unpaired) electrons. The molecular formula is C10H11ClFN. The molecule has 1 N–H and O–H groups in total. The lowest BCUT2D eigenvalue weighted by Gasteiger charge is -2.10. The predicted octanol–water partition coefficient (Wildman–Crippen LogP) is 3.21. The van der Waals surface area contributed by atoms with Crippen LogP contribution in [0, 0.1) is 0 Å². The number of benzene rings is 1. The highest BCUT2D eigenvalue weighted by molar-refractivity contribution is 6.33. The van der Waals surface area contributed by atoms with Crippen LogP contribution >= 0.6 is 11.6 Å². The second-order valence-electron chi connectivity index (χ2n) is 3.37. The van der Waals surface area contributed by atoms with Crippen molar-refractivity contribution in [2.75, 3.05) is 11.9 Å². The van der Waals surface area contributed by atoms with Crippen LogP contribution in [0.5, 0.6) is 0 Å². The minimum absolute atomic E-state index is 0.0475. The summed E-state index contributed by atoms with van der Waals surface area (Å²) < 4.78 is 13.1. The van der Waals surface area contributed by atoms with Gasteiger partial charge in [-0.2, -0.15) is 0 Å². The van der Waals surface area contributed by atoms with E-state index in [2.05, 4.69) is 5.32 Å². The Balaban J connectivity index is 2.43. The molecule has 0 aromatic heterocycles. The minimum Gasteiger partial charge on any atom is -0.383 e. The van der Waals surface area contributed by atoms with E-state index in [-0.39, 0.29) is 5.92 Å². The van der Waals surface area contributed by atoms with E-state index < -0.39 is 6.17 Å². The van der Waals surface area contributed by atoms with E-state index in [4.69, 9.17) is 11.6 Å². The topological polar surface area (TPSA) is 12.0 Å². The Kier molecular flexibility index (Phi) is 2.16. The Hall–Kier alpha value is -0.760. The van der Waals surface area contributed by atoms with Gasteiger partial charge in [0.1, 0.15) is 6.17 Å². The van der Waals surface area contributed by atoms with Gasteiger partial charge >= 0.3 is 0 Å². The summed E-state index contributed by atoms with van der Waals surface area (Å²) in [4.78, 5) is 0. The number of alkyl halides is 1. The fraction of sp³-hybridized carbons (Fsp3) is 0.400. The summed E-state index contributed by atoms with van der Waals surface area (Å²) in [7, 11) is 0. The van der Waals surface area contributed by atoms with E-state index in [0.29, 0.717) is 11.6 Å². The lowest BCUT2D eigenvalue weighted by atomic mass is 9.97. The Morgan fingerprint density at radius 3 is 3.08 bits per heavy atom. The van der Waals surface area contributed by atoms with E-state index in [1.165, 1.54) is 0 Å². The van der Waals surface area contributed by atoms with Crippen molar-refractivity contribution in [2.45, 2.75) is 19.0 Å². The van der Waals surface area contributed by atoms with Gasteiger partial charge in [-0.05, 0) is 18.6 Å². The fourth-order valence-electron chi connectivity index (χ4n) is 1.77. The lowest BCUT2D eigenvalue weighted by molar-refractivity contribution is 0.317. The van der Waals surface area contributed by atoms with Crippen molar-refractivity contribution in [3.63, 3.8) is 0 Å². The summed E-state index contributed by atoms with van der Waals surface area (Å²) in [6, 6.07) is 5.62. The van der Waals surface area contributed by atoms with Gasteiger partial charge in [0.15, 0.2) is 0 Å². The molecular weight excluding hydrogens is 189 g/mol. The van der Waals surface area contributed by atoms with Gasteiger partial charge in [0.2, 0.25) is 0 Å². The molecule has 0 amide bonds. The third-order valence-electron chi connectivity index (χ3n) is 2.50. The molecule has 1 nitrogen and oxygen atoms in total. The Morgan fingerprint density at radius 1 is 1.62 bits per heavy atom. The molecule has 0 saturated carbocycles. The Bertz CT molecular complexity index is 325. The molecule has 0 aliphatic carbocycles. The predicted molar refractivity (Wildman–Crippen MR) is 53.3 cm³/mol. The first-order valence-electron chi connectivity index (χ1n) is 4.36. The van der Waals surface area contributed by atoms with Gasteiger partial charge in [-0.25, -0.2) is 4.39 Å². The molecule has 0 spiro atoms. The highest BCUT2D eigenvalue weighted by Gasteiger charge is 2.28. The van der Waals surface area contributed by atoms with Crippen molar-refractivity contribution >= 4 is 17.3 Å². The number of halogens is 2. The summed E-state index contributed by atoms with van der Waals surface area (Å²) in [6.45, 7) is 2.24. The van der Waals surface area contributed by atoms with E-state index in [1.807, 2.05) is 18.2 Å². The first-order valence-corrected chi connectivity index (χ1v) is 4.74. The maximum atomic E-state index is 13.1. The largest absolute Gasteiger partial charge is 0.383 e. The highest BCUT2D eigenvalue weighted by Crippen LogP contribution is 2.38. The molecule has 13 heavy (non-hydrogen) atoms. The SMILES string of the molecule is CC(F)C1CNc2c(Cl)cccc21. The second kappa shape index (κ2) is 3.18. The quantitative estimate of drug-likeness (QED) is 0.733. The van der Waals surface area contributed by atoms with Gasteiger partial charge in [-0.1, -0.05) is 23.7 Å². The maximum absolute atomic E-state index is 13.1. The van der Waals surface area contributed by atoms with Gasteiger partial charge in [-0.15, -0.1) is 0 Å². The summed E-state index contributed by atoms with van der Waals surface area (Å²) >= 11 is 5.95. The molecule has 2 unspecified atom stereocenters. The van der Waals surface area contributed by atoms with Crippen molar-refractivity contribution < 1.29 is 4.39 Å². The highest BCUT2D eigenvalue weighted by atomic mass is 35.5. The monoisotopic (exact) mass is 199 g/mol. The average Bonchev–Trinajstić information content (AvgIpc) is 2.48. The maximum Gasteiger partial charge on any atom is 0.106 e. The molecule has 1 heterocycles. The summed E-state index contributed by atoms with van der Waals surface area (Å²) in [5.41, 5.74) is 1.90. The summed E-state index contributed by atoms with van der Waals surface area (Å²) in [5, 5.41) is 3.81. The first-order chi connectivity index (χ1) is 6.20. The number of para-hydroxylation sites is 1. The third-order valence-corrected chi connectivity index (χ3v) is 2.81. The standard InChI is InChI=1S/C10H11ClFN/c1-6(12)8-5-13-10-7(8)3-2-4-9(10)11/h2-4,6,8,13H,5H2,1H3. The number of anilines is 1. The minimum atomic E-state index is -0.827. The van der Waals surface area contributed by atoms with E-state index >= 15 is 0 Å². The van der Waals surface area contributed by atoms with Gasteiger partial charge < -0.3 is 5.32 Å². The number of nitrogens with one attached hydrogen (secondary N) is 1. The molecule has 0 saturated heterocycles. The fourth-order valence-corrected chi connectivity index (χ4v) is 2.02. The van der Waals surface area contributed by atoms with Crippen LogP contribution in [-0.4, -0.2) is 12.7 Å². The molecule has 1 aliphatic heterocycles. The molecule has 1 aliphatic rings. The second-order valence-corrected chi connectivity index (χ2v) is 3.78. The zero-order valence-corrected chi connectivity index (χ0v) is 8.11. The van der Waals surface area contributed by atoms with Crippen molar-refractivity contribution in [3.05, 3.63) is 28.8 Å². The first kappa shape index (κ1) is 8.82. The number of fused-ring (bicyclic) bond motifs is 1. The average molecular weight is 200 g/mol. The van der Waals surface area contributed by atoms with Crippen molar-refractivity contribution in [1.82, 2.24) is 0 Å². The van der Waals surface area contributed by atoms with Crippen LogP contribution in [0.2, 0.25) is 5.02 Å². The van der Waals surface area contributed by atoms with Crippen LogP contribution in [0.15, 0.2) is 18.2 Å². The van der Waals surface area contributed by atoms with Crippen LogP contribution < -0.4 is 5.32 Å². The van der Waals surface area contributed by atoms with Crippen LogP contribution in [0.4, 0.5) is 10.1 Å². The van der Waals surface area contributed by atoms with Crippen molar-refractivity contribution in [2.24, 2.45) is 0 Å². The molecule has 0 fully saturated rings. The van der Waals surface area contributed by atoms with Gasteiger partial charge in [0.05, 0.1) is 10.7 Å². The van der Waals surface area contributed by atoms with Crippen molar-refractivity contribution in [1.29, 1.82) is 0 Å². The molecule has 2 rings (SSSR count). The molecule has 70 valence electrons. The molecule has 3 heteroatoms. The van der Waals surface area contributed by atoms with Gasteiger partial charge in [0.25, 0.3) is 0 Å².